The zero-order valence-corrected chi connectivity index (χ0v) is 10.8. The smallest absolute Gasteiger partial charge is 0.119 e. The Morgan fingerprint density at radius 1 is 1.47 bits per heavy atom. The second kappa shape index (κ2) is 4.02. The van der Waals surface area contributed by atoms with Crippen molar-refractivity contribution in [2.45, 2.75) is 31.7 Å². The van der Waals surface area contributed by atoms with E-state index in [2.05, 4.69) is 30.0 Å². The van der Waals surface area contributed by atoms with Gasteiger partial charge in [-0.1, -0.05) is 12.1 Å². The maximum atomic E-state index is 5.26. The normalized spacial score (nSPS) is 31.3. The molecule has 0 radical (unpaired) electrons. The van der Waals surface area contributed by atoms with Crippen LogP contribution in [0.4, 0.5) is 0 Å². The first-order chi connectivity index (χ1) is 8.22. The monoisotopic (exact) mass is 231 g/mol. The van der Waals surface area contributed by atoms with Crippen LogP contribution in [0.25, 0.3) is 0 Å². The highest BCUT2D eigenvalue weighted by Crippen LogP contribution is 2.55. The molecule has 1 saturated carbocycles. The fraction of sp³-hybridized carbons (Fsp3) is 0.600. The Labute approximate surface area is 104 Å². The molecule has 1 aliphatic heterocycles. The summed E-state index contributed by atoms with van der Waals surface area (Å²) in [5.41, 5.74) is 1.94. The standard InChI is InChI=1S/C15H21NO/c1-15-11-13(15)7-9-16(15)8-6-12-4-3-5-14(10-12)17-2/h3-5,10,13H,6-9,11H2,1-2H3. The van der Waals surface area contributed by atoms with Gasteiger partial charge in [0.25, 0.3) is 0 Å². The first-order valence-electron chi connectivity index (χ1n) is 6.60. The molecule has 1 heterocycles. The maximum Gasteiger partial charge on any atom is 0.119 e. The third kappa shape index (κ3) is 1.95. The summed E-state index contributed by atoms with van der Waals surface area (Å²) < 4.78 is 5.26. The largest absolute Gasteiger partial charge is 0.497 e. The van der Waals surface area contributed by atoms with Crippen LogP contribution in [-0.4, -0.2) is 30.6 Å². The van der Waals surface area contributed by atoms with Gasteiger partial charge in [-0.2, -0.15) is 0 Å². The number of fused-ring (bicyclic) bond motifs is 1. The van der Waals surface area contributed by atoms with Crippen LogP contribution < -0.4 is 4.74 Å². The van der Waals surface area contributed by atoms with E-state index in [1.54, 1.807) is 7.11 Å². The fourth-order valence-electron chi connectivity index (χ4n) is 3.27. The lowest BCUT2D eigenvalue weighted by atomic mass is 10.1. The number of likely N-dealkylation sites (tertiary alicyclic amines) is 1. The molecular weight excluding hydrogens is 210 g/mol. The van der Waals surface area contributed by atoms with Crippen molar-refractivity contribution in [2.75, 3.05) is 20.2 Å². The van der Waals surface area contributed by atoms with Crippen molar-refractivity contribution in [2.24, 2.45) is 5.92 Å². The van der Waals surface area contributed by atoms with Gasteiger partial charge in [-0.05, 0) is 56.3 Å². The molecule has 2 heteroatoms. The van der Waals surface area contributed by atoms with Gasteiger partial charge in [0.15, 0.2) is 0 Å². The summed E-state index contributed by atoms with van der Waals surface area (Å²) in [6, 6.07) is 8.45. The first-order valence-corrected chi connectivity index (χ1v) is 6.60. The highest BCUT2D eigenvalue weighted by atomic mass is 16.5. The third-order valence-electron chi connectivity index (χ3n) is 4.65. The zero-order chi connectivity index (χ0) is 11.9. The minimum absolute atomic E-state index is 0.554. The van der Waals surface area contributed by atoms with Crippen molar-refractivity contribution >= 4 is 0 Å². The maximum absolute atomic E-state index is 5.26. The summed E-state index contributed by atoms with van der Waals surface area (Å²) in [6.07, 6.45) is 3.97. The molecule has 0 aromatic heterocycles. The van der Waals surface area contributed by atoms with E-state index in [9.17, 15) is 0 Å². The second-order valence-corrected chi connectivity index (χ2v) is 5.64. The van der Waals surface area contributed by atoms with E-state index in [0.29, 0.717) is 5.54 Å². The van der Waals surface area contributed by atoms with Gasteiger partial charge < -0.3 is 4.74 Å². The summed E-state index contributed by atoms with van der Waals surface area (Å²) in [6.45, 7) is 4.92. The van der Waals surface area contributed by atoms with Crippen LogP contribution in [0.15, 0.2) is 24.3 Å². The molecule has 2 fully saturated rings. The molecule has 0 bridgehead atoms. The molecule has 1 saturated heterocycles. The minimum atomic E-state index is 0.554. The summed E-state index contributed by atoms with van der Waals surface area (Å²) in [7, 11) is 1.73. The van der Waals surface area contributed by atoms with Crippen LogP contribution in [0.2, 0.25) is 0 Å². The molecule has 2 aliphatic rings. The molecule has 0 N–H and O–H groups in total. The highest BCUT2D eigenvalue weighted by Gasteiger charge is 2.57. The van der Waals surface area contributed by atoms with Crippen molar-refractivity contribution in [3.8, 4) is 5.75 Å². The first kappa shape index (κ1) is 11.1. The van der Waals surface area contributed by atoms with Gasteiger partial charge >= 0.3 is 0 Å². The van der Waals surface area contributed by atoms with Crippen LogP contribution in [-0.2, 0) is 6.42 Å². The number of hydrogen-bond acceptors (Lipinski definition) is 2. The summed E-state index contributed by atoms with van der Waals surface area (Å²) in [5.74, 6) is 1.97. The van der Waals surface area contributed by atoms with Gasteiger partial charge in [0.05, 0.1) is 7.11 Å². The second-order valence-electron chi connectivity index (χ2n) is 5.64. The molecule has 3 rings (SSSR count). The van der Waals surface area contributed by atoms with Gasteiger partial charge in [-0.3, -0.25) is 4.90 Å². The Hall–Kier alpha value is -1.02. The van der Waals surface area contributed by atoms with Gasteiger partial charge in [0.1, 0.15) is 5.75 Å². The number of rotatable bonds is 4. The Bertz CT molecular complexity index is 415. The lowest BCUT2D eigenvalue weighted by molar-refractivity contribution is 0.228. The topological polar surface area (TPSA) is 12.5 Å². The molecule has 0 amide bonds. The van der Waals surface area contributed by atoms with Gasteiger partial charge in [-0.25, -0.2) is 0 Å². The molecule has 1 aliphatic carbocycles. The van der Waals surface area contributed by atoms with E-state index in [4.69, 9.17) is 4.74 Å². The van der Waals surface area contributed by atoms with Crippen molar-refractivity contribution in [1.29, 1.82) is 0 Å². The number of piperidine rings is 1. The van der Waals surface area contributed by atoms with Crippen LogP contribution in [0.1, 0.15) is 25.3 Å². The molecular formula is C15H21NO. The lowest BCUT2D eigenvalue weighted by Crippen LogP contribution is -2.33. The van der Waals surface area contributed by atoms with Crippen molar-refractivity contribution in [3.05, 3.63) is 29.8 Å². The van der Waals surface area contributed by atoms with E-state index < -0.39 is 0 Å². The Balaban J connectivity index is 1.60. The SMILES string of the molecule is COc1cccc(CCN2CCC3CC32C)c1. The minimum Gasteiger partial charge on any atom is -0.497 e. The number of hydrogen-bond donors (Lipinski definition) is 0. The number of nitrogens with zero attached hydrogens (tertiary/aromatic N) is 1. The van der Waals surface area contributed by atoms with Crippen LogP contribution in [0, 0.1) is 5.92 Å². The molecule has 17 heavy (non-hydrogen) atoms. The fourth-order valence-corrected chi connectivity index (χ4v) is 3.27. The number of ether oxygens (including phenoxy) is 1. The molecule has 2 nitrogen and oxygen atoms in total. The Kier molecular flexibility index (Phi) is 2.62. The molecule has 2 atom stereocenters. The molecule has 1 aromatic rings. The van der Waals surface area contributed by atoms with Crippen molar-refractivity contribution in [1.82, 2.24) is 4.90 Å². The van der Waals surface area contributed by atoms with E-state index in [0.717, 1.165) is 18.1 Å². The van der Waals surface area contributed by atoms with Crippen molar-refractivity contribution < 1.29 is 4.74 Å². The quantitative estimate of drug-likeness (QED) is 0.790. The van der Waals surface area contributed by atoms with E-state index in [-0.39, 0.29) is 0 Å². The van der Waals surface area contributed by atoms with E-state index >= 15 is 0 Å². The molecule has 1 aromatic carbocycles. The van der Waals surface area contributed by atoms with E-state index in [1.807, 2.05) is 6.07 Å². The lowest BCUT2D eigenvalue weighted by Gasteiger charge is -2.24. The van der Waals surface area contributed by atoms with Crippen LogP contribution >= 0.6 is 0 Å². The summed E-state index contributed by atoms with van der Waals surface area (Å²) >= 11 is 0. The van der Waals surface area contributed by atoms with Crippen molar-refractivity contribution in [3.63, 3.8) is 0 Å². The van der Waals surface area contributed by atoms with Gasteiger partial charge in [0, 0.05) is 12.1 Å². The highest BCUT2D eigenvalue weighted by molar-refractivity contribution is 5.28. The van der Waals surface area contributed by atoms with Gasteiger partial charge in [-0.15, -0.1) is 0 Å². The molecule has 92 valence electrons. The van der Waals surface area contributed by atoms with E-state index in [1.165, 1.54) is 31.5 Å². The Morgan fingerprint density at radius 2 is 2.35 bits per heavy atom. The third-order valence-corrected chi connectivity index (χ3v) is 4.65. The van der Waals surface area contributed by atoms with Crippen LogP contribution in [0.3, 0.4) is 0 Å². The van der Waals surface area contributed by atoms with Crippen LogP contribution in [0.5, 0.6) is 5.75 Å². The summed E-state index contributed by atoms with van der Waals surface area (Å²) in [4.78, 5) is 2.68. The number of methoxy groups -OCH3 is 1. The average molecular weight is 231 g/mol. The number of benzene rings is 1. The predicted octanol–water partition coefficient (Wildman–Crippen LogP) is 2.72. The average Bonchev–Trinajstić information content (AvgIpc) is 2.92. The zero-order valence-electron chi connectivity index (χ0n) is 10.8. The molecule has 2 unspecified atom stereocenters. The van der Waals surface area contributed by atoms with Gasteiger partial charge in [0.2, 0.25) is 0 Å². The summed E-state index contributed by atoms with van der Waals surface area (Å²) in [5, 5.41) is 0. The molecule has 0 spiro atoms. The Morgan fingerprint density at radius 3 is 3.00 bits per heavy atom. The predicted molar refractivity (Wildman–Crippen MR) is 69.4 cm³/mol.